The Morgan fingerprint density at radius 1 is 0.667 bits per heavy atom. The number of aromatic nitrogens is 2. The number of nitrogens with zero attached hydrogens (tertiary/aromatic N) is 3. The average Bonchev–Trinajstić information content (AvgIpc) is 2.64. The van der Waals surface area contributed by atoms with E-state index < -0.39 is 139 Å². The number of nitrogens with two attached hydrogens (primary N) is 9. The number of hydrogen-bond donors (Lipinski definition) is 22. The number of aliphatic imine (C=N–C) groups is 1. The van der Waals surface area contributed by atoms with Crippen LogP contribution >= 0.6 is 0 Å². The first-order chi connectivity index (χ1) is 41.6. The van der Waals surface area contributed by atoms with Crippen LogP contribution < -0.4 is 99.5 Å². The molecule has 0 saturated carbocycles. The average molecular weight is 1240 g/mol. The maximum atomic E-state index is 14.5. The van der Waals surface area contributed by atoms with Crippen LogP contribution in [0.1, 0.15) is 95.6 Å². The van der Waals surface area contributed by atoms with Gasteiger partial charge in [0.15, 0.2) is 5.96 Å². The van der Waals surface area contributed by atoms with E-state index in [1.54, 1.807) is 0 Å². The zero-order chi connectivity index (χ0) is 64.8. The van der Waals surface area contributed by atoms with Crippen LogP contribution in [-0.2, 0) is 54.4 Å². The molecule has 0 bridgehead atoms. The highest BCUT2D eigenvalue weighted by molar-refractivity contribution is 6.02. The van der Waals surface area contributed by atoms with E-state index in [1.165, 1.54) is 23.5 Å². The molecular formula is C52H96N22O13. The summed E-state index contributed by atoms with van der Waals surface area (Å²) in [5.74, 6) is -8.90. The lowest BCUT2D eigenvalue weighted by atomic mass is 10.0. The van der Waals surface area contributed by atoms with Crippen molar-refractivity contribution >= 4 is 65.0 Å². The monoisotopic (exact) mass is 1240 g/mol. The molecule has 0 radical (unpaired) electrons. The first kappa shape index (κ1) is 75.6. The van der Waals surface area contributed by atoms with Gasteiger partial charge in [-0.2, -0.15) is 0 Å². The van der Waals surface area contributed by atoms with Crippen LogP contribution in [0, 0.1) is 0 Å². The van der Waals surface area contributed by atoms with Crippen molar-refractivity contribution in [2.75, 3.05) is 72.1 Å². The minimum absolute atomic E-state index is 0.000745. The fourth-order valence-corrected chi connectivity index (χ4v) is 8.94. The largest absolute Gasteiger partial charge is 0.395 e. The molecule has 1 aliphatic rings. The van der Waals surface area contributed by atoms with Crippen molar-refractivity contribution in [2.45, 2.75) is 157 Å². The number of hydrogen-bond acceptors (Lipinski definition) is 22. The molecule has 1 saturated heterocycles. The highest BCUT2D eigenvalue weighted by Crippen LogP contribution is 2.21. The molecule has 10 amide bonds. The lowest BCUT2D eigenvalue weighted by molar-refractivity contribution is -0.142. The van der Waals surface area contributed by atoms with E-state index in [0.717, 1.165) is 0 Å². The summed E-state index contributed by atoms with van der Waals surface area (Å²) in [4.78, 5) is 150. The highest BCUT2D eigenvalue weighted by Gasteiger charge is 2.40. The summed E-state index contributed by atoms with van der Waals surface area (Å²) < 4.78 is 0. The molecular weight excluding hydrogens is 1140 g/mol. The molecule has 0 aromatic carbocycles. The first-order valence-electron chi connectivity index (χ1n) is 29.3. The summed E-state index contributed by atoms with van der Waals surface area (Å²) in [7, 11) is 0. The Labute approximate surface area is 505 Å². The van der Waals surface area contributed by atoms with Gasteiger partial charge in [-0.05, 0) is 110 Å². The highest BCUT2D eigenvalue weighted by atomic mass is 16.3. The molecule has 1 aromatic heterocycles. The van der Waals surface area contributed by atoms with Crippen LogP contribution in [0.15, 0.2) is 29.3 Å². The van der Waals surface area contributed by atoms with Gasteiger partial charge >= 0.3 is 0 Å². The molecule has 2 heterocycles. The van der Waals surface area contributed by atoms with Gasteiger partial charge in [-0.1, -0.05) is 12.5 Å². The number of carbonyl (C=O) groups excluding carboxylic acids is 10. The molecule has 35 heteroatoms. The van der Waals surface area contributed by atoms with Gasteiger partial charge in [0.25, 0.3) is 5.91 Å². The second kappa shape index (κ2) is 42.4. The van der Waals surface area contributed by atoms with Gasteiger partial charge in [0.2, 0.25) is 53.2 Å². The number of imidazole rings is 1. The number of carbonyl (C=O) groups is 10. The number of likely N-dealkylation sites (tertiary alicyclic amines) is 1. The Hall–Kier alpha value is -7.48. The van der Waals surface area contributed by atoms with Gasteiger partial charge in [-0.25, -0.2) is 4.98 Å². The SMILES string of the molecule is NCCCC[C@H](NC(=O)/C(=C/CCN=C(N)N)NC(=O)[C@H](CCCCN)NC(=O)[C@H](Cc1cnc[nH]1)NC(=O)[C@@H]1CCCN1C(=O)[C@@H](CCCN)NC(=O)CNC(=O)[C@@H](NC(=O)[C@@H](NC(=O)[C@@H](N)CCCCN)[C@@H](O)CN)[C@@H](O)CN)C(=O)NCCO. The van der Waals surface area contributed by atoms with Gasteiger partial charge in [0, 0.05) is 51.0 Å². The van der Waals surface area contributed by atoms with Gasteiger partial charge in [-0.15, -0.1) is 0 Å². The van der Waals surface area contributed by atoms with Crippen molar-refractivity contribution in [2.24, 2.45) is 56.6 Å². The van der Waals surface area contributed by atoms with Crippen molar-refractivity contribution in [3.05, 3.63) is 30.0 Å². The van der Waals surface area contributed by atoms with E-state index in [2.05, 4.69) is 62.8 Å². The number of aromatic amines is 1. The smallest absolute Gasteiger partial charge is 0.268 e. The lowest BCUT2D eigenvalue weighted by Crippen LogP contribution is -2.63. The van der Waals surface area contributed by atoms with Crippen molar-refractivity contribution in [3.8, 4) is 0 Å². The molecule has 10 atom stereocenters. The number of H-pyrrole nitrogens is 1. The van der Waals surface area contributed by atoms with Crippen LogP contribution in [0.25, 0.3) is 0 Å². The number of unbranched alkanes of at least 4 members (excludes halogenated alkanes) is 3. The third-order valence-corrected chi connectivity index (χ3v) is 13.8. The zero-order valence-electron chi connectivity index (χ0n) is 49.4. The Kier molecular flexibility index (Phi) is 36.8. The molecule has 35 nitrogen and oxygen atoms in total. The minimum Gasteiger partial charge on any atom is -0.395 e. The molecule has 31 N–H and O–H groups in total. The molecule has 87 heavy (non-hydrogen) atoms. The third kappa shape index (κ3) is 27.8. The molecule has 1 aromatic rings. The fraction of sp³-hybridized carbons (Fsp3) is 0.692. The van der Waals surface area contributed by atoms with Crippen LogP contribution in [0.5, 0.6) is 0 Å². The van der Waals surface area contributed by atoms with Gasteiger partial charge < -0.3 is 125 Å². The van der Waals surface area contributed by atoms with Crippen LogP contribution in [0.2, 0.25) is 0 Å². The van der Waals surface area contributed by atoms with E-state index in [-0.39, 0.29) is 102 Å². The van der Waals surface area contributed by atoms with E-state index in [9.17, 15) is 63.3 Å². The Morgan fingerprint density at radius 3 is 1.83 bits per heavy atom. The topological polar surface area (TPSA) is 618 Å². The van der Waals surface area contributed by atoms with Crippen LogP contribution in [-0.4, -0.2) is 228 Å². The van der Waals surface area contributed by atoms with E-state index in [0.29, 0.717) is 63.7 Å². The third-order valence-electron chi connectivity index (χ3n) is 13.8. The second-order valence-electron chi connectivity index (χ2n) is 20.6. The van der Waals surface area contributed by atoms with Crippen LogP contribution in [0.4, 0.5) is 0 Å². The Morgan fingerprint density at radius 2 is 1.25 bits per heavy atom. The summed E-state index contributed by atoms with van der Waals surface area (Å²) in [6, 6.07) is -11.0. The van der Waals surface area contributed by atoms with Gasteiger partial charge in [-0.3, -0.25) is 52.9 Å². The molecule has 492 valence electrons. The Bertz CT molecular complexity index is 2380. The molecule has 2 rings (SSSR count). The molecule has 0 unspecified atom stereocenters. The summed E-state index contributed by atoms with van der Waals surface area (Å²) in [6.07, 6.45) is 4.29. The number of rotatable bonds is 44. The summed E-state index contributed by atoms with van der Waals surface area (Å²) in [5, 5.41) is 53.1. The molecule has 1 fully saturated rings. The fourth-order valence-electron chi connectivity index (χ4n) is 8.94. The predicted octanol–water partition coefficient (Wildman–Crippen LogP) is -10.2. The van der Waals surface area contributed by atoms with Crippen molar-refractivity contribution in [1.29, 1.82) is 0 Å². The Balaban J connectivity index is 2.38. The van der Waals surface area contributed by atoms with Crippen molar-refractivity contribution in [3.63, 3.8) is 0 Å². The maximum Gasteiger partial charge on any atom is 0.268 e. The summed E-state index contributed by atoms with van der Waals surface area (Å²) in [5.41, 5.74) is 51.0. The standard InChI is InChI=1S/C52H96N22O13/c53-16-4-1-10-31(59)43(79)72-42(39(77)26-58)50(86)73-41(38(76)25-57)49(85)65-28-40(78)67-35(13-7-19-56)51(87)74-22-9-15-37(74)48(84)71-36(24-30-27-62-29-66-30)47(83)70-33(12-3-6-18-55)45(81)69-34(14-8-20-64-52(60)61)46(82)68-32(11-2-5-17-54)44(80)63-21-23-75/h14,27,29,31-33,35-39,41-42,75-77H,1-13,15-26,28,53-59H2,(H,62,66)(H,63,80)(H,65,85)(H,67,78)(H,68,82)(H,69,81)(H,70,83)(H,71,84)(H,72,79)(H,73,86)(H4,60,61,64)/b34-14-/t31-,32-,33-,35+,36-,37-,38-,39-,41-,42-/m0/s1. The summed E-state index contributed by atoms with van der Waals surface area (Å²) in [6.45, 7) is -1.32. The van der Waals surface area contributed by atoms with Crippen molar-refractivity contribution < 1.29 is 63.3 Å². The normalized spacial score (nSPS) is 16.2. The number of guanidine groups is 1. The molecule has 0 aliphatic carbocycles. The predicted molar refractivity (Wildman–Crippen MR) is 318 cm³/mol. The van der Waals surface area contributed by atoms with E-state index in [4.69, 9.17) is 51.6 Å². The molecule has 1 aliphatic heterocycles. The number of aliphatic hydroxyl groups is 3. The molecule has 0 spiro atoms. The quantitative estimate of drug-likeness (QED) is 0.0125. The second-order valence-corrected chi connectivity index (χ2v) is 20.6. The van der Waals surface area contributed by atoms with Crippen molar-refractivity contribution in [1.82, 2.24) is 62.7 Å². The van der Waals surface area contributed by atoms with E-state index in [1.807, 2.05) is 0 Å². The zero-order valence-corrected chi connectivity index (χ0v) is 49.4. The van der Waals surface area contributed by atoms with E-state index >= 15 is 0 Å². The van der Waals surface area contributed by atoms with Crippen LogP contribution in [0.3, 0.4) is 0 Å². The number of aliphatic hydroxyl groups excluding tert-OH is 3. The first-order valence-corrected chi connectivity index (χ1v) is 29.3. The maximum absolute atomic E-state index is 14.5. The van der Waals surface area contributed by atoms with Gasteiger partial charge in [0.1, 0.15) is 48.0 Å². The lowest BCUT2D eigenvalue weighted by Gasteiger charge is -2.30. The number of amides is 10. The van der Waals surface area contributed by atoms with Gasteiger partial charge in [0.05, 0.1) is 37.7 Å². The minimum atomic E-state index is -1.84. The number of nitrogens with one attached hydrogen (secondary N) is 10. The summed E-state index contributed by atoms with van der Waals surface area (Å²) >= 11 is 0.